The number of hydrogen-bond donors (Lipinski definition) is 4. The third-order valence-electron chi connectivity index (χ3n) is 3.19. The van der Waals surface area contributed by atoms with Gasteiger partial charge in [-0.25, -0.2) is 4.90 Å². The fraction of sp³-hybridized carbons (Fsp3) is 0.500. The maximum atomic E-state index is 9.75. The molecule has 0 radical (unpaired) electrons. The van der Waals surface area contributed by atoms with Gasteiger partial charge in [-0.3, -0.25) is 4.90 Å². The predicted octanol–water partition coefficient (Wildman–Crippen LogP) is -1.29. The quantitative estimate of drug-likeness (QED) is 0.491. The van der Waals surface area contributed by atoms with Gasteiger partial charge in [0.1, 0.15) is 0 Å². The number of hydrogen-bond acceptors (Lipinski definition) is 6. The first-order chi connectivity index (χ1) is 8.31. The second-order valence-electron chi connectivity index (χ2n) is 4.74. The Labute approximate surface area is 105 Å². The van der Waals surface area contributed by atoms with Gasteiger partial charge in [-0.2, -0.15) is 0 Å². The van der Waals surface area contributed by atoms with Gasteiger partial charge in [0.25, 0.3) is 0 Å². The number of likely N-dealkylation sites (N-methyl/N-ethyl adjacent to an activating group) is 1. The van der Waals surface area contributed by atoms with E-state index in [4.69, 9.17) is 0 Å². The van der Waals surface area contributed by atoms with Gasteiger partial charge in [0.2, 0.25) is 11.8 Å². The monoisotopic (exact) mass is 254 g/mol. The molecule has 0 aliphatic carbocycles. The third kappa shape index (κ3) is 2.69. The second-order valence-corrected chi connectivity index (χ2v) is 4.74. The van der Waals surface area contributed by atoms with Crippen molar-refractivity contribution in [1.82, 2.24) is 9.80 Å². The van der Waals surface area contributed by atoms with E-state index in [1.54, 1.807) is 4.90 Å². The molecule has 0 saturated carbocycles. The van der Waals surface area contributed by atoms with Crippen LogP contribution < -0.4 is 0 Å². The summed E-state index contributed by atoms with van der Waals surface area (Å²) in [6.07, 6.45) is 0. The van der Waals surface area contributed by atoms with Crippen molar-refractivity contribution in [3.63, 3.8) is 0 Å². The highest BCUT2D eigenvalue weighted by Crippen LogP contribution is 2.25. The van der Waals surface area contributed by atoms with Crippen molar-refractivity contribution in [3.05, 3.63) is 35.9 Å². The molecule has 0 amide bonds. The zero-order chi connectivity index (χ0) is 13.4. The summed E-state index contributed by atoms with van der Waals surface area (Å²) in [5.41, 5.74) is 0.966. The van der Waals surface area contributed by atoms with Crippen LogP contribution in [0.1, 0.15) is 5.56 Å². The van der Waals surface area contributed by atoms with Crippen molar-refractivity contribution in [2.24, 2.45) is 0 Å². The molecule has 6 nitrogen and oxygen atoms in total. The molecule has 1 aromatic carbocycles. The third-order valence-corrected chi connectivity index (χ3v) is 3.19. The van der Waals surface area contributed by atoms with E-state index in [0.717, 1.165) is 10.5 Å². The number of rotatable bonds is 2. The Bertz CT molecular complexity index is 390. The van der Waals surface area contributed by atoms with Crippen molar-refractivity contribution >= 4 is 0 Å². The maximum absolute atomic E-state index is 9.75. The first-order valence-corrected chi connectivity index (χ1v) is 5.71. The molecule has 4 N–H and O–H groups in total. The van der Waals surface area contributed by atoms with Gasteiger partial charge in [-0.1, -0.05) is 30.3 Å². The molecule has 1 aliphatic rings. The second kappa shape index (κ2) is 4.58. The number of benzene rings is 1. The van der Waals surface area contributed by atoms with Crippen LogP contribution in [0.4, 0.5) is 0 Å². The Hall–Kier alpha value is -1.02. The van der Waals surface area contributed by atoms with Crippen molar-refractivity contribution in [2.45, 2.75) is 18.4 Å². The summed E-state index contributed by atoms with van der Waals surface area (Å²) >= 11 is 0. The van der Waals surface area contributed by atoms with Crippen LogP contribution in [0.3, 0.4) is 0 Å². The van der Waals surface area contributed by atoms with Crippen LogP contribution >= 0.6 is 0 Å². The molecule has 1 heterocycles. The Kier molecular flexibility index (Phi) is 3.41. The molecule has 1 fully saturated rings. The molecule has 100 valence electrons. The van der Waals surface area contributed by atoms with Crippen molar-refractivity contribution < 1.29 is 20.4 Å². The standard InChI is InChI=1S/C12H18N2O4/c1-13-11(15,16)8-14(9-12(13,17)18)7-10-5-3-2-4-6-10/h2-6,15-18H,7-9H2,1H3. The van der Waals surface area contributed by atoms with Crippen molar-refractivity contribution in [2.75, 3.05) is 20.1 Å². The van der Waals surface area contributed by atoms with Gasteiger partial charge in [0, 0.05) is 6.54 Å². The molecular weight excluding hydrogens is 236 g/mol. The summed E-state index contributed by atoms with van der Waals surface area (Å²) in [5.74, 6) is -4.53. The van der Waals surface area contributed by atoms with Crippen LogP contribution in [0, 0.1) is 0 Å². The summed E-state index contributed by atoms with van der Waals surface area (Å²) in [6.45, 7) is 0.253. The minimum absolute atomic E-state index is 0.0821. The van der Waals surface area contributed by atoms with E-state index < -0.39 is 11.8 Å². The number of β-amino-alcohol motifs (C(OH)–C–C–N with tert-alkyl or cyclic N) is 4. The maximum Gasteiger partial charge on any atom is 0.242 e. The van der Waals surface area contributed by atoms with E-state index in [1.165, 1.54) is 7.05 Å². The molecule has 1 aliphatic heterocycles. The van der Waals surface area contributed by atoms with E-state index >= 15 is 0 Å². The van der Waals surface area contributed by atoms with E-state index in [1.807, 2.05) is 30.3 Å². The molecule has 0 unspecified atom stereocenters. The van der Waals surface area contributed by atoms with Crippen molar-refractivity contribution in [1.29, 1.82) is 0 Å². The van der Waals surface area contributed by atoms with Crippen LogP contribution in [0.2, 0.25) is 0 Å². The van der Waals surface area contributed by atoms with Gasteiger partial charge >= 0.3 is 0 Å². The Morgan fingerprint density at radius 3 is 2.00 bits per heavy atom. The summed E-state index contributed by atoms with van der Waals surface area (Å²) in [7, 11) is 1.25. The van der Waals surface area contributed by atoms with Crippen LogP contribution in [0.25, 0.3) is 0 Å². The summed E-state index contributed by atoms with van der Waals surface area (Å²) in [4.78, 5) is 2.32. The highest BCUT2D eigenvalue weighted by Gasteiger charge is 2.49. The minimum atomic E-state index is -2.27. The Morgan fingerprint density at radius 1 is 1.00 bits per heavy atom. The van der Waals surface area contributed by atoms with Gasteiger partial charge in [0.05, 0.1) is 13.1 Å². The normalized spacial score (nSPS) is 24.1. The lowest BCUT2D eigenvalue weighted by Gasteiger charge is -2.48. The van der Waals surface area contributed by atoms with E-state index in [0.29, 0.717) is 6.54 Å². The molecule has 6 heteroatoms. The zero-order valence-corrected chi connectivity index (χ0v) is 10.2. The fourth-order valence-electron chi connectivity index (χ4n) is 2.11. The smallest absolute Gasteiger partial charge is 0.242 e. The lowest BCUT2D eigenvalue weighted by Crippen LogP contribution is -2.71. The van der Waals surface area contributed by atoms with Crippen LogP contribution in [0.5, 0.6) is 0 Å². The van der Waals surface area contributed by atoms with Gasteiger partial charge in [-0.05, 0) is 12.6 Å². The fourth-order valence-corrected chi connectivity index (χ4v) is 2.11. The van der Waals surface area contributed by atoms with E-state index in [2.05, 4.69) is 0 Å². The van der Waals surface area contributed by atoms with Crippen LogP contribution in [-0.2, 0) is 6.54 Å². The van der Waals surface area contributed by atoms with Crippen LogP contribution in [-0.4, -0.2) is 62.2 Å². The highest BCUT2D eigenvalue weighted by molar-refractivity contribution is 5.14. The van der Waals surface area contributed by atoms with Crippen LogP contribution in [0.15, 0.2) is 30.3 Å². The predicted molar refractivity (Wildman–Crippen MR) is 63.8 cm³/mol. The van der Waals surface area contributed by atoms with Gasteiger partial charge in [0.15, 0.2) is 0 Å². The Balaban J connectivity index is 2.12. The average Bonchev–Trinajstić information content (AvgIpc) is 2.26. The highest BCUT2D eigenvalue weighted by atomic mass is 16.6. The molecular formula is C12H18N2O4. The first-order valence-electron chi connectivity index (χ1n) is 5.71. The minimum Gasteiger partial charge on any atom is -0.352 e. The van der Waals surface area contributed by atoms with Gasteiger partial charge in [-0.15, -0.1) is 0 Å². The number of piperazine rings is 1. The Morgan fingerprint density at radius 2 is 1.50 bits per heavy atom. The lowest BCUT2D eigenvalue weighted by molar-refractivity contribution is -0.406. The van der Waals surface area contributed by atoms with E-state index in [-0.39, 0.29) is 13.1 Å². The molecule has 0 bridgehead atoms. The lowest BCUT2D eigenvalue weighted by atomic mass is 10.1. The first kappa shape index (κ1) is 13.4. The van der Waals surface area contributed by atoms with E-state index in [9.17, 15) is 20.4 Å². The van der Waals surface area contributed by atoms with Gasteiger partial charge < -0.3 is 20.4 Å². The number of aliphatic hydroxyl groups is 4. The molecule has 1 aromatic rings. The number of nitrogens with zero attached hydrogens (tertiary/aromatic N) is 2. The zero-order valence-electron chi connectivity index (χ0n) is 10.2. The molecule has 0 aromatic heterocycles. The average molecular weight is 254 g/mol. The molecule has 0 atom stereocenters. The molecule has 18 heavy (non-hydrogen) atoms. The molecule has 0 spiro atoms. The summed E-state index contributed by atoms with van der Waals surface area (Å²) < 4.78 is 0. The SMILES string of the molecule is CN1C(O)(O)CN(Cc2ccccc2)CC1(O)O. The topological polar surface area (TPSA) is 87.4 Å². The molecule has 2 rings (SSSR count). The summed E-state index contributed by atoms with van der Waals surface area (Å²) in [5, 5.41) is 39.0. The van der Waals surface area contributed by atoms with Crippen molar-refractivity contribution in [3.8, 4) is 0 Å². The summed E-state index contributed by atoms with van der Waals surface area (Å²) in [6, 6.07) is 9.43. The molecule has 1 saturated heterocycles. The largest absolute Gasteiger partial charge is 0.352 e.